The van der Waals surface area contributed by atoms with E-state index in [1.54, 1.807) is 17.0 Å². The van der Waals surface area contributed by atoms with Gasteiger partial charge in [-0.3, -0.25) is 4.79 Å². The van der Waals surface area contributed by atoms with Gasteiger partial charge in [0, 0.05) is 32.3 Å². The van der Waals surface area contributed by atoms with E-state index in [4.69, 9.17) is 0 Å². The summed E-state index contributed by atoms with van der Waals surface area (Å²) in [6.07, 6.45) is 3.38. The third-order valence-corrected chi connectivity index (χ3v) is 6.40. The zero-order chi connectivity index (χ0) is 20.1. The lowest BCUT2D eigenvalue weighted by atomic mass is 10.2. The Morgan fingerprint density at radius 3 is 2.39 bits per heavy atom. The van der Waals surface area contributed by atoms with Gasteiger partial charge in [0.25, 0.3) is 0 Å². The van der Waals surface area contributed by atoms with Gasteiger partial charge < -0.3 is 4.90 Å². The van der Waals surface area contributed by atoms with Gasteiger partial charge >= 0.3 is 0 Å². The van der Waals surface area contributed by atoms with Crippen molar-refractivity contribution in [3.05, 3.63) is 71.8 Å². The van der Waals surface area contributed by atoms with Gasteiger partial charge in [-0.1, -0.05) is 12.1 Å². The molecule has 0 radical (unpaired) electrons. The number of sulfonamides is 1. The van der Waals surface area contributed by atoms with Crippen LogP contribution in [0.15, 0.2) is 59.5 Å². The van der Waals surface area contributed by atoms with Crippen molar-refractivity contribution in [1.82, 2.24) is 9.21 Å². The summed E-state index contributed by atoms with van der Waals surface area (Å²) in [5.74, 6) is -1.15. The third kappa shape index (κ3) is 4.82. The maximum atomic E-state index is 13.2. The van der Waals surface area contributed by atoms with E-state index in [0.717, 1.165) is 12.1 Å². The molecule has 3 rings (SSSR count). The summed E-state index contributed by atoms with van der Waals surface area (Å²) in [6.45, 7) is 1.09. The predicted octanol–water partition coefficient (Wildman–Crippen LogP) is 2.90. The normalized spacial score (nSPS) is 16.3. The fourth-order valence-corrected chi connectivity index (χ4v) is 4.46. The van der Waals surface area contributed by atoms with E-state index >= 15 is 0 Å². The molecular formula is C20H20F2N2O3S. The molecule has 28 heavy (non-hydrogen) atoms. The van der Waals surface area contributed by atoms with Crippen LogP contribution in [0.5, 0.6) is 0 Å². The van der Waals surface area contributed by atoms with Crippen LogP contribution in [-0.4, -0.2) is 49.7 Å². The Morgan fingerprint density at radius 2 is 1.68 bits per heavy atom. The minimum atomic E-state index is -3.74. The molecule has 0 unspecified atom stereocenters. The van der Waals surface area contributed by atoms with Crippen molar-refractivity contribution in [3.63, 3.8) is 0 Å². The number of benzene rings is 2. The maximum absolute atomic E-state index is 13.2. The zero-order valence-electron chi connectivity index (χ0n) is 15.1. The van der Waals surface area contributed by atoms with Crippen LogP contribution in [0.2, 0.25) is 0 Å². The van der Waals surface area contributed by atoms with Gasteiger partial charge in [0.15, 0.2) is 0 Å². The van der Waals surface area contributed by atoms with E-state index in [-0.39, 0.29) is 36.3 Å². The first kappa shape index (κ1) is 20.2. The number of hydrogen-bond acceptors (Lipinski definition) is 3. The Hall–Kier alpha value is -2.58. The van der Waals surface area contributed by atoms with Gasteiger partial charge in [-0.25, -0.2) is 17.2 Å². The van der Waals surface area contributed by atoms with Crippen molar-refractivity contribution >= 4 is 22.0 Å². The third-order valence-electron chi connectivity index (χ3n) is 4.48. The molecule has 0 saturated carbocycles. The molecule has 0 aromatic heterocycles. The highest BCUT2D eigenvalue weighted by molar-refractivity contribution is 7.89. The standard InChI is InChI=1S/C20H20F2N2O3S/c21-17-6-8-19(9-7-17)28(26,27)24-12-2-11-23(13-14-24)20(25)10-5-16-3-1-4-18(22)15-16/h1,3-10,15H,2,11-14H2/b10-5+. The molecule has 1 aliphatic heterocycles. The van der Waals surface area contributed by atoms with Gasteiger partial charge in [-0.15, -0.1) is 0 Å². The van der Waals surface area contributed by atoms with Crippen molar-refractivity contribution in [1.29, 1.82) is 0 Å². The highest BCUT2D eigenvalue weighted by Gasteiger charge is 2.27. The molecule has 2 aromatic carbocycles. The number of nitrogens with zero attached hydrogens (tertiary/aromatic N) is 2. The fraction of sp³-hybridized carbons (Fsp3) is 0.250. The smallest absolute Gasteiger partial charge is 0.246 e. The SMILES string of the molecule is O=C(/C=C/c1cccc(F)c1)N1CCCN(S(=O)(=O)c2ccc(F)cc2)CC1. The number of halogens is 2. The van der Waals surface area contributed by atoms with Crippen molar-refractivity contribution in [2.24, 2.45) is 0 Å². The number of hydrogen-bond donors (Lipinski definition) is 0. The van der Waals surface area contributed by atoms with Gasteiger partial charge in [-0.05, 0) is 54.5 Å². The molecule has 0 aliphatic carbocycles. The highest BCUT2D eigenvalue weighted by Crippen LogP contribution is 2.18. The average Bonchev–Trinajstić information content (AvgIpc) is 2.93. The van der Waals surface area contributed by atoms with Gasteiger partial charge in [-0.2, -0.15) is 4.31 Å². The fourth-order valence-electron chi connectivity index (χ4n) is 2.99. The Labute approximate surface area is 162 Å². The number of carbonyl (C=O) groups is 1. The van der Waals surface area contributed by atoms with Crippen molar-refractivity contribution in [2.45, 2.75) is 11.3 Å². The molecule has 0 atom stereocenters. The van der Waals surface area contributed by atoms with E-state index in [1.807, 2.05) is 0 Å². The summed E-state index contributed by atoms with van der Waals surface area (Å²) in [5, 5.41) is 0. The Morgan fingerprint density at radius 1 is 0.929 bits per heavy atom. The summed E-state index contributed by atoms with van der Waals surface area (Å²) >= 11 is 0. The molecule has 5 nitrogen and oxygen atoms in total. The number of amides is 1. The number of rotatable bonds is 4. The first-order chi connectivity index (χ1) is 13.4. The van der Waals surface area contributed by atoms with E-state index in [1.165, 1.54) is 40.7 Å². The molecule has 0 spiro atoms. The van der Waals surface area contributed by atoms with Crippen LogP contribution in [0.3, 0.4) is 0 Å². The van der Waals surface area contributed by atoms with Crippen LogP contribution in [0.25, 0.3) is 6.08 Å². The highest BCUT2D eigenvalue weighted by atomic mass is 32.2. The molecule has 8 heteroatoms. The van der Waals surface area contributed by atoms with Crippen LogP contribution >= 0.6 is 0 Å². The summed E-state index contributed by atoms with van der Waals surface area (Å²) < 4.78 is 53.0. The minimum absolute atomic E-state index is 0.0275. The number of carbonyl (C=O) groups excluding carboxylic acids is 1. The topological polar surface area (TPSA) is 57.7 Å². The second-order valence-electron chi connectivity index (χ2n) is 6.43. The van der Waals surface area contributed by atoms with E-state index in [9.17, 15) is 22.0 Å². The van der Waals surface area contributed by atoms with Crippen LogP contribution in [0.1, 0.15) is 12.0 Å². The summed E-state index contributed by atoms with van der Waals surface area (Å²) in [5.41, 5.74) is 0.573. The van der Waals surface area contributed by atoms with E-state index in [0.29, 0.717) is 18.5 Å². The molecule has 1 saturated heterocycles. The first-order valence-corrected chi connectivity index (χ1v) is 10.3. The zero-order valence-corrected chi connectivity index (χ0v) is 15.9. The van der Waals surface area contributed by atoms with E-state index in [2.05, 4.69) is 0 Å². The van der Waals surface area contributed by atoms with Crippen LogP contribution in [0, 0.1) is 11.6 Å². The second-order valence-corrected chi connectivity index (χ2v) is 8.36. The first-order valence-electron chi connectivity index (χ1n) is 8.84. The summed E-state index contributed by atoms with van der Waals surface area (Å²) in [7, 11) is -3.74. The van der Waals surface area contributed by atoms with Gasteiger partial charge in [0.2, 0.25) is 15.9 Å². The monoisotopic (exact) mass is 406 g/mol. The molecule has 2 aromatic rings. The molecule has 0 bridgehead atoms. The average molecular weight is 406 g/mol. The molecule has 1 heterocycles. The molecule has 1 amide bonds. The molecular weight excluding hydrogens is 386 g/mol. The van der Waals surface area contributed by atoms with Gasteiger partial charge in [0.1, 0.15) is 11.6 Å². The Balaban J connectivity index is 1.65. The lowest BCUT2D eigenvalue weighted by Crippen LogP contribution is -2.36. The predicted molar refractivity (Wildman–Crippen MR) is 102 cm³/mol. The van der Waals surface area contributed by atoms with Crippen LogP contribution < -0.4 is 0 Å². The van der Waals surface area contributed by atoms with E-state index < -0.39 is 15.8 Å². The molecule has 0 N–H and O–H groups in total. The van der Waals surface area contributed by atoms with Crippen LogP contribution in [-0.2, 0) is 14.8 Å². The Bertz CT molecular complexity index is 975. The van der Waals surface area contributed by atoms with Crippen molar-refractivity contribution < 1.29 is 22.0 Å². The second kappa shape index (κ2) is 8.62. The Kier molecular flexibility index (Phi) is 6.21. The lowest BCUT2D eigenvalue weighted by molar-refractivity contribution is -0.125. The maximum Gasteiger partial charge on any atom is 0.246 e. The van der Waals surface area contributed by atoms with Crippen molar-refractivity contribution in [3.8, 4) is 0 Å². The van der Waals surface area contributed by atoms with Gasteiger partial charge in [0.05, 0.1) is 4.90 Å². The molecule has 1 fully saturated rings. The minimum Gasteiger partial charge on any atom is -0.338 e. The van der Waals surface area contributed by atoms with Crippen molar-refractivity contribution in [2.75, 3.05) is 26.2 Å². The van der Waals surface area contributed by atoms with Crippen LogP contribution in [0.4, 0.5) is 8.78 Å². The molecule has 148 valence electrons. The quantitative estimate of drug-likeness (QED) is 0.734. The summed E-state index contributed by atoms with van der Waals surface area (Å²) in [4.78, 5) is 14.0. The lowest BCUT2D eigenvalue weighted by Gasteiger charge is -2.21. The molecule has 1 aliphatic rings. The summed E-state index contributed by atoms with van der Waals surface area (Å²) in [6, 6.07) is 10.6. The largest absolute Gasteiger partial charge is 0.338 e.